The normalized spacial score (nSPS) is 15.0. The summed E-state index contributed by atoms with van der Waals surface area (Å²) in [6.45, 7) is 13.4. The molecule has 1 N–H and O–H groups in total. The second-order valence-electron chi connectivity index (χ2n) is 10.2. The topological polar surface area (TPSA) is 108 Å². The second kappa shape index (κ2) is 11.0. The van der Waals surface area contributed by atoms with E-state index in [4.69, 9.17) is 14.6 Å². The Labute approximate surface area is 226 Å². The third-order valence-electron chi connectivity index (χ3n) is 5.93. The Morgan fingerprint density at radius 2 is 1.84 bits per heavy atom. The zero-order chi connectivity index (χ0) is 27.6. The number of carbonyl (C=O) groups excluding carboxylic acids is 2. The molecule has 2 aromatic heterocycles. The summed E-state index contributed by atoms with van der Waals surface area (Å²) in [7, 11) is 0. The van der Waals surface area contributed by atoms with Crippen LogP contribution in [-0.2, 0) is 19.2 Å². The minimum absolute atomic E-state index is 0.0576. The number of hydrogen-bond donors (Lipinski definition) is 1. The molecule has 0 unspecified atom stereocenters. The first-order chi connectivity index (χ1) is 17.9. The van der Waals surface area contributed by atoms with Crippen molar-refractivity contribution in [2.75, 3.05) is 6.54 Å². The first-order valence-corrected chi connectivity index (χ1v) is 13.3. The summed E-state index contributed by atoms with van der Waals surface area (Å²) in [6.07, 6.45) is 3.87. The Morgan fingerprint density at radius 3 is 2.50 bits per heavy atom. The summed E-state index contributed by atoms with van der Waals surface area (Å²) in [5.41, 5.74) is 6.89. The van der Waals surface area contributed by atoms with E-state index >= 15 is 0 Å². The molecular weight excluding hydrogens is 502 g/mol. The average Bonchev–Trinajstić information content (AvgIpc) is 3.30. The van der Waals surface area contributed by atoms with Crippen LogP contribution in [0.3, 0.4) is 0 Å². The maximum absolute atomic E-state index is 12.9. The summed E-state index contributed by atoms with van der Waals surface area (Å²) in [5, 5.41) is 9.78. The van der Waals surface area contributed by atoms with Crippen LogP contribution in [-0.4, -0.2) is 44.6 Å². The van der Waals surface area contributed by atoms with Gasteiger partial charge in [0.1, 0.15) is 22.5 Å². The van der Waals surface area contributed by atoms with Crippen molar-refractivity contribution in [1.82, 2.24) is 20.2 Å². The number of esters is 1. The van der Waals surface area contributed by atoms with Crippen molar-refractivity contribution >= 4 is 35.1 Å². The number of hydrogen-bond acceptors (Lipinski definition) is 9. The maximum atomic E-state index is 12.9. The fraction of sp³-hybridized carbons (Fsp3) is 0.393. The number of aryl methyl sites for hydroxylation is 2. The molecule has 200 valence electrons. The molecule has 0 amide bonds. The van der Waals surface area contributed by atoms with Gasteiger partial charge in [0.25, 0.3) is 0 Å². The lowest BCUT2D eigenvalue weighted by Crippen LogP contribution is -2.25. The summed E-state index contributed by atoms with van der Waals surface area (Å²) in [4.78, 5) is 34.8. The third kappa shape index (κ3) is 6.08. The van der Waals surface area contributed by atoms with E-state index in [0.29, 0.717) is 12.4 Å². The van der Waals surface area contributed by atoms with Gasteiger partial charge in [0.05, 0.1) is 18.7 Å². The number of benzene rings is 1. The average molecular weight is 536 g/mol. The van der Waals surface area contributed by atoms with Crippen LogP contribution in [0.25, 0.3) is 11.1 Å². The van der Waals surface area contributed by atoms with E-state index in [1.807, 2.05) is 68.7 Å². The van der Waals surface area contributed by atoms with Crippen LogP contribution in [0.15, 0.2) is 35.3 Å². The van der Waals surface area contributed by atoms with Gasteiger partial charge in [-0.25, -0.2) is 0 Å². The molecule has 1 atom stereocenters. The number of aliphatic imine (C=N–C) groups is 1. The number of aromatic nitrogens is 3. The van der Waals surface area contributed by atoms with Gasteiger partial charge >= 0.3 is 11.9 Å². The van der Waals surface area contributed by atoms with Crippen molar-refractivity contribution < 1.29 is 19.2 Å². The molecule has 38 heavy (non-hydrogen) atoms. The molecule has 9 nitrogen and oxygen atoms in total. The molecule has 3 aromatic rings. The Kier molecular flexibility index (Phi) is 7.94. The van der Waals surface area contributed by atoms with Crippen molar-refractivity contribution in [1.29, 1.82) is 0 Å². The van der Waals surface area contributed by atoms with E-state index in [9.17, 15) is 9.59 Å². The molecule has 0 aliphatic carbocycles. The van der Waals surface area contributed by atoms with E-state index in [0.717, 1.165) is 38.8 Å². The SMILES string of the molecule is CC(=O)ONC/C=C/c1ccc(C2=N[C@@H](CC(=O)OC(C)(C)C)c3nnc(C)n3-c3sc(C)c(C)c32)cc1. The fourth-order valence-corrected chi connectivity index (χ4v) is 5.42. The van der Waals surface area contributed by atoms with Crippen LogP contribution in [0.5, 0.6) is 0 Å². The maximum Gasteiger partial charge on any atom is 0.321 e. The highest BCUT2D eigenvalue weighted by Crippen LogP contribution is 2.39. The molecule has 0 bridgehead atoms. The van der Waals surface area contributed by atoms with Gasteiger partial charge in [0, 0.05) is 22.9 Å². The standard InChI is InChI=1S/C28H33N5O4S/c1-16-17(2)38-27-24(16)25(21-12-10-20(11-13-21)9-8-14-29-37-19(4)34)30-22(15-23(35)36-28(5,6)7)26-32-31-18(3)33(26)27/h8-13,22,29H,14-15H2,1-7H3/b9-8+/t22-/m0/s1. The molecule has 0 radical (unpaired) electrons. The predicted octanol–water partition coefficient (Wildman–Crippen LogP) is 4.96. The summed E-state index contributed by atoms with van der Waals surface area (Å²) >= 11 is 1.67. The Hall–Kier alpha value is -3.63. The van der Waals surface area contributed by atoms with Crippen LogP contribution >= 0.6 is 11.3 Å². The number of nitrogens with one attached hydrogen (secondary N) is 1. The Balaban J connectivity index is 1.73. The van der Waals surface area contributed by atoms with Crippen molar-refractivity contribution in [2.24, 2.45) is 4.99 Å². The van der Waals surface area contributed by atoms with Gasteiger partial charge in [-0.05, 0) is 52.7 Å². The largest absolute Gasteiger partial charge is 0.460 e. The van der Waals surface area contributed by atoms with Crippen LogP contribution in [0.1, 0.15) is 78.9 Å². The zero-order valence-electron chi connectivity index (χ0n) is 22.8. The number of fused-ring (bicyclic) bond motifs is 3. The minimum Gasteiger partial charge on any atom is -0.460 e. The highest BCUT2D eigenvalue weighted by atomic mass is 32.1. The zero-order valence-corrected chi connectivity index (χ0v) is 23.6. The molecule has 0 saturated heterocycles. The summed E-state index contributed by atoms with van der Waals surface area (Å²) < 4.78 is 7.65. The molecule has 10 heteroatoms. The van der Waals surface area contributed by atoms with E-state index < -0.39 is 11.6 Å². The Morgan fingerprint density at radius 1 is 1.13 bits per heavy atom. The van der Waals surface area contributed by atoms with Crippen LogP contribution < -0.4 is 5.48 Å². The van der Waals surface area contributed by atoms with Gasteiger partial charge in [0.15, 0.2) is 5.82 Å². The first-order valence-electron chi connectivity index (χ1n) is 12.4. The second-order valence-corrected chi connectivity index (χ2v) is 11.4. The van der Waals surface area contributed by atoms with E-state index in [1.54, 1.807) is 11.3 Å². The van der Waals surface area contributed by atoms with Crippen LogP contribution in [0.4, 0.5) is 0 Å². The lowest BCUT2D eigenvalue weighted by atomic mass is 9.98. The third-order valence-corrected chi connectivity index (χ3v) is 7.12. The number of carbonyl (C=O) groups is 2. The fourth-order valence-electron chi connectivity index (χ4n) is 4.20. The van der Waals surface area contributed by atoms with Crippen LogP contribution in [0, 0.1) is 20.8 Å². The quantitative estimate of drug-likeness (QED) is 0.259. The number of hydroxylamine groups is 1. The smallest absolute Gasteiger partial charge is 0.321 e. The van der Waals surface area contributed by atoms with Crippen molar-refractivity contribution in [2.45, 2.75) is 66.5 Å². The summed E-state index contributed by atoms with van der Waals surface area (Å²) in [6, 6.07) is 7.52. The van der Waals surface area contributed by atoms with Gasteiger partial charge in [-0.2, -0.15) is 0 Å². The molecule has 0 fully saturated rings. The number of nitrogens with zero attached hydrogens (tertiary/aromatic N) is 4. The molecule has 0 saturated carbocycles. The lowest BCUT2D eigenvalue weighted by molar-refractivity contribution is -0.155. The van der Waals surface area contributed by atoms with Gasteiger partial charge in [-0.15, -0.1) is 27.0 Å². The molecule has 1 aliphatic heterocycles. The lowest BCUT2D eigenvalue weighted by Gasteiger charge is -2.21. The van der Waals surface area contributed by atoms with Crippen molar-refractivity contribution in [3.63, 3.8) is 0 Å². The number of thiophene rings is 1. The molecule has 1 aliphatic rings. The van der Waals surface area contributed by atoms with Gasteiger partial charge in [-0.3, -0.25) is 19.1 Å². The number of rotatable bonds is 7. The molecular formula is C28H33N5O4S. The van der Waals surface area contributed by atoms with Gasteiger partial charge in [0.2, 0.25) is 0 Å². The van der Waals surface area contributed by atoms with E-state index in [2.05, 4.69) is 29.5 Å². The first kappa shape index (κ1) is 27.4. The van der Waals surface area contributed by atoms with Crippen LogP contribution in [0.2, 0.25) is 0 Å². The molecule has 3 heterocycles. The Bertz CT molecular complexity index is 1410. The summed E-state index contributed by atoms with van der Waals surface area (Å²) in [5.74, 6) is 0.656. The predicted molar refractivity (Wildman–Crippen MR) is 148 cm³/mol. The number of ether oxygens (including phenoxy) is 1. The van der Waals surface area contributed by atoms with Gasteiger partial charge < -0.3 is 9.57 Å². The molecule has 0 spiro atoms. The van der Waals surface area contributed by atoms with Crippen molar-refractivity contribution in [3.8, 4) is 5.00 Å². The highest BCUT2D eigenvalue weighted by Gasteiger charge is 2.33. The monoisotopic (exact) mass is 535 g/mol. The van der Waals surface area contributed by atoms with Crippen molar-refractivity contribution in [3.05, 3.63) is 69.1 Å². The van der Waals surface area contributed by atoms with E-state index in [-0.39, 0.29) is 18.4 Å². The van der Waals surface area contributed by atoms with Gasteiger partial charge in [-0.1, -0.05) is 36.4 Å². The molecule has 4 rings (SSSR count). The minimum atomic E-state index is -0.596. The molecule has 1 aromatic carbocycles. The highest BCUT2D eigenvalue weighted by molar-refractivity contribution is 7.15. The van der Waals surface area contributed by atoms with E-state index in [1.165, 1.54) is 11.8 Å².